The van der Waals surface area contributed by atoms with E-state index in [2.05, 4.69) is 16.0 Å². The van der Waals surface area contributed by atoms with Crippen LogP contribution in [0.5, 0.6) is 0 Å². The summed E-state index contributed by atoms with van der Waals surface area (Å²) in [6.45, 7) is 2.30. The molecule has 0 aromatic carbocycles. The molecule has 1 heterocycles. The molecule has 0 aliphatic carbocycles. The molecule has 1 aromatic rings. The first-order valence-electron chi connectivity index (χ1n) is 4.29. The second kappa shape index (κ2) is 4.42. The number of hydrogen-bond acceptors (Lipinski definition) is 4. The van der Waals surface area contributed by atoms with E-state index in [1.165, 1.54) is 12.4 Å². The van der Waals surface area contributed by atoms with Crippen LogP contribution in [-0.4, -0.2) is 23.6 Å². The fourth-order valence-electron chi connectivity index (χ4n) is 1.15. The SMILES string of the molecule is CC(C#N)CN(C)c1ncc[nH]c1=O. The lowest BCUT2D eigenvalue weighted by atomic mass is 10.2. The Morgan fingerprint density at radius 1 is 1.79 bits per heavy atom. The Hall–Kier alpha value is -1.83. The van der Waals surface area contributed by atoms with E-state index in [0.717, 1.165) is 0 Å². The third-order valence-corrected chi connectivity index (χ3v) is 1.82. The number of aromatic nitrogens is 2. The van der Waals surface area contributed by atoms with Crippen LogP contribution in [0.15, 0.2) is 17.2 Å². The summed E-state index contributed by atoms with van der Waals surface area (Å²) in [7, 11) is 1.74. The highest BCUT2D eigenvalue weighted by atomic mass is 16.1. The molecule has 0 amide bonds. The standard InChI is InChI=1S/C9H12N4O/c1-7(5-10)6-13(2)8-9(14)12-4-3-11-8/h3-4,7H,6H2,1-2H3,(H,12,14). The van der Waals surface area contributed by atoms with Crippen LogP contribution in [0, 0.1) is 17.2 Å². The van der Waals surface area contributed by atoms with Gasteiger partial charge in [0.05, 0.1) is 12.0 Å². The van der Waals surface area contributed by atoms with Gasteiger partial charge in [-0.05, 0) is 6.92 Å². The van der Waals surface area contributed by atoms with E-state index >= 15 is 0 Å². The Morgan fingerprint density at radius 2 is 2.50 bits per heavy atom. The number of nitriles is 1. The van der Waals surface area contributed by atoms with Crippen LogP contribution < -0.4 is 10.5 Å². The lowest BCUT2D eigenvalue weighted by molar-refractivity contribution is 0.706. The molecule has 0 aliphatic heterocycles. The number of hydrogen-bond donors (Lipinski definition) is 1. The van der Waals surface area contributed by atoms with Gasteiger partial charge < -0.3 is 9.88 Å². The minimum atomic E-state index is -0.236. The third kappa shape index (κ3) is 2.33. The van der Waals surface area contributed by atoms with E-state index < -0.39 is 0 Å². The van der Waals surface area contributed by atoms with Crippen molar-refractivity contribution in [3.63, 3.8) is 0 Å². The quantitative estimate of drug-likeness (QED) is 0.750. The van der Waals surface area contributed by atoms with E-state index in [1.54, 1.807) is 18.9 Å². The third-order valence-electron chi connectivity index (χ3n) is 1.82. The molecule has 5 nitrogen and oxygen atoms in total. The Bertz CT molecular complexity index is 392. The summed E-state index contributed by atoms with van der Waals surface area (Å²) in [5.41, 5.74) is -0.236. The molecule has 0 aliphatic rings. The molecule has 1 N–H and O–H groups in total. The summed E-state index contributed by atoms with van der Waals surface area (Å²) in [4.78, 5) is 19.4. The van der Waals surface area contributed by atoms with Crippen LogP contribution >= 0.6 is 0 Å². The van der Waals surface area contributed by atoms with Crippen molar-refractivity contribution in [3.8, 4) is 6.07 Å². The van der Waals surface area contributed by atoms with Gasteiger partial charge in [0.15, 0.2) is 5.82 Å². The van der Waals surface area contributed by atoms with Crippen molar-refractivity contribution in [2.24, 2.45) is 5.92 Å². The van der Waals surface area contributed by atoms with Crippen LogP contribution in [0.2, 0.25) is 0 Å². The molecular weight excluding hydrogens is 180 g/mol. The molecule has 1 aromatic heterocycles. The van der Waals surface area contributed by atoms with Gasteiger partial charge in [0.1, 0.15) is 0 Å². The predicted octanol–water partition coefficient (Wildman–Crippen LogP) is 0.366. The molecule has 74 valence electrons. The topological polar surface area (TPSA) is 72.8 Å². The van der Waals surface area contributed by atoms with Crippen LogP contribution in [0.3, 0.4) is 0 Å². The van der Waals surface area contributed by atoms with E-state index in [-0.39, 0.29) is 11.5 Å². The Morgan fingerprint density at radius 3 is 3.07 bits per heavy atom. The monoisotopic (exact) mass is 192 g/mol. The first-order valence-corrected chi connectivity index (χ1v) is 4.29. The number of rotatable bonds is 3. The summed E-state index contributed by atoms with van der Waals surface area (Å²) < 4.78 is 0. The van der Waals surface area contributed by atoms with Gasteiger partial charge in [-0.25, -0.2) is 4.98 Å². The van der Waals surface area contributed by atoms with Gasteiger partial charge in [-0.15, -0.1) is 0 Å². The van der Waals surface area contributed by atoms with Gasteiger partial charge in [0.2, 0.25) is 0 Å². The van der Waals surface area contributed by atoms with E-state index in [4.69, 9.17) is 5.26 Å². The van der Waals surface area contributed by atoms with Crippen molar-refractivity contribution in [2.45, 2.75) is 6.92 Å². The lowest BCUT2D eigenvalue weighted by Crippen LogP contribution is -2.29. The molecule has 0 bridgehead atoms. The summed E-state index contributed by atoms with van der Waals surface area (Å²) in [6.07, 6.45) is 3.00. The molecule has 0 spiro atoms. The maximum Gasteiger partial charge on any atom is 0.290 e. The van der Waals surface area contributed by atoms with E-state index in [1.807, 2.05) is 0 Å². The molecule has 1 rings (SSSR count). The zero-order valence-corrected chi connectivity index (χ0v) is 8.19. The summed E-state index contributed by atoms with van der Waals surface area (Å²) in [6, 6.07) is 2.10. The largest absolute Gasteiger partial charge is 0.354 e. The number of nitrogens with one attached hydrogen (secondary N) is 1. The summed E-state index contributed by atoms with van der Waals surface area (Å²) >= 11 is 0. The predicted molar refractivity (Wildman–Crippen MR) is 52.9 cm³/mol. The molecule has 0 saturated carbocycles. The van der Waals surface area contributed by atoms with Gasteiger partial charge in [-0.2, -0.15) is 5.26 Å². The minimum Gasteiger partial charge on any atom is -0.354 e. The summed E-state index contributed by atoms with van der Waals surface area (Å²) in [5.74, 6) is 0.219. The highest BCUT2D eigenvalue weighted by Gasteiger charge is 2.09. The first kappa shape index (κ1) is 10.3. The van der Waals surface area contributed by atoms with Gasteiger partial charge in [0.25, 0.3) is 5.56 Å². The number of H-pyrrole nitrogens is 1. The first-order chi connectivity index (χ1) is 6.65. The number of aromatic amines is 1. The van der Waals surface area contributed by atoms with Crippen LogP contribution in [0.1, 0.15) is 6.92 Å². The zero-order valence-electron chi connectivity index (χ0n) is 8.19. The lowest BCUT2D eigenvalue weighted by Gasteiger charge is -2.17. The Labute approximate surface area is 82.0 Å². The second-order valence-corrected chi connectivity index (χ2v) is 3.15. The fourth-order valence-corrected chi connectivity index (χ4v) is 1.15. The molecular formula is C9H12N4O. The van der Waals surface area contributed by atoms with E-state index in [0.29, 0.717) is 12.4 Å². The van der Waals surface area contributed by atoms with Crippen molar-refractivity contribution in [3.05, 3.63) is 22.7 Å². The second-order valence-electron chi connectivity index (χ2n) is 3.15. The van der Waals surface area contributed by atoms with Crippen LogP contribution in [0.25, 0.3) is 0 Å². The average Bonchev–Trinajstić information content (AvgIpc) is 2.18. The molecule has 0 radical (unpaired) electrons. The maximum absolute atomic E-state index is 11.3. The van der Waals surface area contributed by atoms with Gasteiger partial charge in [-0.1, -0.05) is 0 Å². The fraction of sp³-hybridized carbons (Fsp3) is 0.444. The zero-order chi connectivity index (χ0) is 10.6. The van der Waals surface area contributed by atoms with Gasteiger partial charge in [0, 0.05) is 26.0 Å². The summed E-state index contributed by atoms with van der Waals surface area (Å²) in [5, 5.41) is 8.62. The van der Waals surface area contributed by atoms with Crippen LogP contribution in [0.4, 0.5) is 5.82 Å². The van der Waals surface area contributed by atoms with Crippen molar-refractivity contribution < 1.29 is 0 Å². The molecule has 5 heteroatoms. The van der Waals surface area contributed by atoms with Crippen molar-refractivity contribution in [1.82, 2.24) is 9.97 Å². The molecule has 1 unspecified atom stereocenters. The van der Waals surface area contributed by atoms with Crippen molar-refractivity contribution >= 4 is 5.82 Å². The molecule has 0 fully saturated rings. The smallest absolute Gasteiger partial charge is 0.290 e. The Kier molecular flexibility index (Phi) is 3.24. The molecule has 14 heavy (non-hydrogen) atoms. The number of anilines is 1. The van der Waals surface area contributed by atoms with E-state index in [9.17, 15) is 4.79 Å². The van der Waals surface area contributed by atoms with Crippen molar-refractivity contribution in [1.29, 1.82) is 5.26 Å². The highest BCUT2D eigenvalue weighted by Crippen LogP contribution is 2.02. The maximum atomic E-state index is 11.3. The van der Waals surface area contributed by atoms with Crippen molar-refractivity contribution in [2.75, 3.05) is 18.5 Å². The molecule has 1 atom stereocenters. The average molecular weight is 192 g/mol. The minimum absolute atomic E-state index is 0.124. The van der Waals surface area contributed by atoms with Gasteiger partial charge in [-0.3, -0.25) is 4.79 Å². The Balaban J connectivity index is 2.81. The van der Waals surface area contributed by atoms with Crippen LogP contribution in [-0.2, 0) is 0 Å². The number of nitrogens with zero attached hydrogens (tertiary/aromatic N) is 3. The highest BCUT2D eigenvalue weighted by molar-refractivity contribution is 5.33. The molecule has 0 saturated heterocycles. The van der Waals surface area contributed by atoms with Gasteiger partial charge >= 0.3 is 0 Å². The normalized spacial score (nSPS) is 11.8.